The number of nitrogens with zero attached hydrogens (tertiary/aromatic N) is 2. The fourth-order valence-electron chi connectivity index (χ4n) is 3.33. The third-order valence-corrected chi connectivity index (χ3v) is 4.52. The minimum absolute atomic E-state index is 0.599. The molecule has 2 fully saturated rings. The van der Waals surface area contributed by atoms with Crippen LogP contribution in [0.2, 0.25) is 0 Å². The average molecular weight is 249 g/mol. The first kappa shape index (κ1) is 13.8. The second-order valence-electron chi connectivity index (χ2n) is 6.14. The average Bonchev–Trinajstić information content (AvgIpc) is 2.27. The predicted octanol–water partition coefficient (Wildman–Crippen LogP) is 2.39. The van der Waals surface area contributed by atoms with Gasteiger partial charge < -0.3 is 5.32 Å². The van der Waals surface area contributed by atoms with Crippen molar-refractivity contribution in [1.82, 2.24) is 10.2 Å². The van der Waals surface area contributed by atoms with E-state index in [4.69, 9.17) is 5.26 Å². The summed E-state index contributed by atoms with van der Waals surface area (Å²) in [6, 6.07) is 2.92. The standard InChI is InChI=1S/C15H27N3/c1-2-4-14-9-15(12-18(11-14)8-7-16)17-10-13-5-3-6-13/h13-15,17H,2-6,8-12H2,1H3. The number of hydrogen-bond acceptors (Lipinski definition) is 3. The molecule has 0 spiro atoms. The van der Waals surface area contributed by atoms with Gasteiger partial charge in [0, 0.05) is 19.1 Å². The van der Waals surface area contributed by atoms with Crippen molar-refractivity contribution >= 4 is 0 Å². The van der Waals surface area contributed by atoms with Gasteiger partial charge in [0.25, 0.3) is 0 Å². The first-order valence-corrected chi connectivity index (χ1v) is 7.64. The summed E-state index contributed by atoms with van der Waals surface area (Å²) >= 11 is 0. The summed E-state index contributed by atoms with van der Waals surface area (Å²) in [6.45, 7) is 6.26. The Balaban J connectivity index is 1.77. The van der Waals surface area contributed by atoms with E-state index in [0.717, 1.165) is 24.9 Å². The molecule has 1 aliphatic heterocycles. The van der Waals surface area contributed by atoms with Crippen LogP contribution >= 0.6 is 0 Å². The van der Waals surface area contributed by atoms with E-state index in [2.05, 4.69) is 23.2 Å². The van der Waals surface area contributed by atoms with Crippen LogP contribution in [0, 0.1) is 23.2 Å². The first-order chi connectivity index (χ1) is 8.81. The maximum atomic E-state index is 8.87. The van der Waals surface area contributed by atoms with E-state index in [1.54, 1.807) is 0 Å². The number of nitrogens with one attached hydrogen (secondary N) is 1. The van der Waals surface area contributed by atoms with Gasteiger partial charge >= 0.3 is 0 Å². The van der Waals surface area contributed by atoms with E-state index in [1.807, 2.05) is 0 Å². The molecule has 0 aromatic rings. The summed E-state index contributed by atoms with van der Waals surface area (Å²) in [5, 5.41) is 12.6. The Hall–Kier alpha value is -0.590. The topological polar surface area (TPSA) is 39.1 Å². The second-order valence-corrected chi connectivity index (χ2v) is 6.14. The molecule has 18 heavy (non-hydrogen) atoms. The number of nitriles is 1. The SMILES string of the molecule is CCCC1CC(NCC2CCC2)CN(CC#N)C1. The molecule has 0 amide bonds. The minimum Gasteiger partial charge on any atom is -0.312 e. The summed E-state index contributed by atoms with van der Waals surface area (Å²) in [7, 11) is 0. The Bertz CT molecular complexity index is 280. The van der Waals surface area contributed by atoms with Gasteiger partial charge in [0.15, 0.2) is 0 Å². The highest BCUT2D eigenvalue weighted by atomic mass is 15.2. The molecule has 2 atom stereocenters. The van der Waals surface area contributed by atoms with Gasteiger partial charge in [0.1, 0.15) is 0 Å². The van der Waals surface area contributed by atoms with Crippen molar-refractivity contribution < 1.29 is 0 Å². The normalized spacial score (nSPS) is 29.8. The van der Waals surface area contributed by atoms with Gasteiger partial charge in [-0.1, -0.05) is 19.8 Å². The predicted molar refractivity (Wildman–Crippen MR) is 74.2 cm³/mol. The van der Waals surface area contributed by atoms with Crippen molar-refractivity contribution in [3.05, 3.63) is 0 Å². The second kappa shape index (κ2) is 7.11. The van der Waals surface area contributed by atoms with E-state index in [-0.39, 0.29) is 0 Å². The van der Waals surface area contributed by atoms with Crippen LogP contribution in [0.25, 0.3) is 0 Å². The van der Waals surface area contributed by atoms with Crippen LogP contribution < -0.4 is 5.32 Å². The number of rotatable bonds is 6. The van der Waals surface area contributed by atoms with E-state index in [0.29, 0.717) is 12.6 Å². The monoisotopic (exact) mass is 249 g/mol. The van der Waals surface area contributed by atoms with Crippen molar-refractivity contribution in [2.24, 2.45) is 11.8 Å². The lowest BCUT2D eigenvalue weighted by Crippen LogP contribution is -2.50. The fraction of sp³-hybridized carbons (Fsp3) is 0.933. The zero-order valence-electron chi connectivity index (χ0n) is 11.7. The van der Waals surface area contributed by atoms with Crippen LogP contribution in [0.15, 0.2) is 0 Å². The van der Waals surface area contributed by atoms with E-state index in [1.165, 1.54) is 45.1 Å². The highest BCUT2D eigenvalue weighted by Crippen LogP contribution is 2.26. The lowest BCUT2D eigenvalue weighted by atomic mass is 9.84. The van der Waals surface area contributed by atoms with Crippen LogP contribution in [0.3, 0.4) is 0 Å². The summed E-state index contributed by atoms with van der Waals surface area (Å²) in [4.78, 5) is 2.34. The largest absolute Gasteiger partial charge is 0.312 e. The van der Waals surface area contributed by atoms with Gasteiger partial charge in [-0.3, -0.25) is 4.90 Å². The summed E-state index contributed by atoms with van der Waals surface area (Å²) in [6.07, 6.45) is 8.14. The van der Waals surface area contributed by atoms with Gasteiger partial charge in [-0.15, -0.1) is 0 Å². The number of piperidine rings is 1. The molecule has 3 heteroatoms. The molecular formula is C15H27N3. The Kier molecular flexibility index (Phi) is 5.46. The molecule has 3 nitrogen and oxygen atoms in total. The lowest BCUT2D eigenvalue weighted by Gasteiger charge is -2.38. The molecule has 1 N–H and O–H groups in total. The van der Waals surface area contributed by atoms with Crippen LogP contribution in [0.5, 0.6) is 0 Å². The molecule has 1 saturated heterocycles. The summed E-state index contributed by atoms with van der Waals surface area (Å²) < 4.78 is 0. The molecule has 1 saturated carbocycles. The molecular weight excluding hydrogens is 222 g/mol. The zero-order chi connectivity index (χ0) is 12.8. The van der Waals surface area contributed by atoms with E-state index >= 15 is 0 Å². The van der Waals surface area contributed by atoms with Gasteiger partial charge in [-0.2, -0.15) is 5.26 Å². The van der Waals surface area contributed by atoms with Gasteiger partial charge in [0.05, 0.1) is 12.6 Å². The molecule has 0 radical (unpaired) electrons. The number of hydrogen-bond donors (Lipinski definition) is 1. The molecule has 2 rings (SSSR count). The zero-order valence-corrected chi connectivity index (χ0v) is 11.7. The molecule has 2 unspecified atom stereocenters. The highest BCUT2D eigenvalue weighted by molar-refractivity contribution is 4.88. The molecule has 102 valence electrons. The van der Waals surface area contributed by atoms with Gasteiger partial charge in [-0.05, 0) is 44.1 Å². The Morgan fingerprint density at radius 3 is 2.72 bits per heavy atom. The minimum atomic E-state index is 0.599. The van der Waals surface area contributed by atoms with Crippen molar-refractivity contribution in [2.45, 2.75) is 51.5 Å². The Morgan fingerprint density at radius 1 is 1.28 bits per heavy atom. The lowest BCUT2D eigenvalue weighted by molar-refractivity contribution is 0.142. The number of likely N-dealkylation sites (tertiary alicyclic amines) is 1. The van der Waals surface area contributed by atoms with Crippen molar-refractivity contribution in [2.75, 3.05) is 26.2 Å². The van der Waals surface area contributed by atoms with Crippen molar-refractivity contribution in [3.63, 3.8) is 0 Å². The maximum Gasteiger partial charge on any atom is 0.0866 e. The molecule has 1 heterocycles. The third kappa shape index (κ3) is 3.96. The first-order valence-electron chi connectivity index (χ1n) is 7.64. The van der Waals surface area contributed by atoms with Gasteiger partial charge in [0.2, 0.25) is 0 Å². The smallest absolute Gasteiger partial charge is 0.0866 e. The summed E-state index contributed by atoms with van der Waals surface area (Å²) in [5.74, 6) is 1.72. The van der Waals surface area contributed by atoms with E-state index in [9.17, 15) is 0 Å². The van der Waals surface area contributed by atoms with Crippen LogP contribution in [-0.2, 0) is 0 Å². The Morgan fingerprint density at radius 2 is 2.11 bits per heavy atom. The Labute approximate surface area is 112 Å². The van der Waals surface area contributed by atoms with Crippen LogP contribution in [0.4, 0.5) is 0 Å². The fourth-order valence-corrected chi connectivity index (χ4v) is 3.33. The molecule has 1 aliphatic carbocycles. The molecule has 0 aromatic heterocycles. The van der Waals surface area contributed by atoms with Gasteiger partial charge in [-0.25, -0.2) is 0 Å². The van der Waals surface area contributed by atoms with Crippen molar-refractivity contribution in [3.8, 4) is 6.07 Å². The molecule has 2 aliphatic rings. The maximum absolute atomic E-state index is 8.87. The van der Waals surface area contributed by atoms with Crippen LogP contribution in [-0.4, -0.2) is 37.1 Å². The highest BCUT2D eigenvalue weighted by Gasteiger charge is 2.27. The molecule has 0 aromatic carbocycles. The third-order valence-electron chi connectivity index (χ3n) is 4.52. The van der Waals surface area contributed by atoms with E-state index < -0.39 is 0 Å². The molecule has 0 bridgehead atoms. The van der Waals surface area contributed by atoms with Crippen molar-refractivity contribution in [1.29, 1.82) is 5.26 Å². The van der Waals surface area contributed by atoms with Crippen LogP contribution in [0.1, 0.15) is 45.4 Å². The summed E-state index contributed by atoms with van der Waals surface area (Å²) in [5.41, 5.74) is 0. The quantitative estimate of drug-likeness (QED) is 0.735.